The maximum absolute atomic E-state index is 14.5. The van der Waals surface area contributed by atoms with E-state index in [0.717, 1.165) is 4.91 Å². The minimum absolute atomic E-state index is 0.0684. The van der Waals surface area contributed by atoms with Gasteiger partial charge < -0.3 is 5.73 Å². The first-order valence-electron chi connectivity index (χ1n) is 8.21. The number of allylic oxidation sites excluding steroid dienone is 1. The molecule has 0 saturated heterocycles. The zero-order valence-electron chi connectivity index (χ0n) is 14.9. The Morgan fingerprint density at radius 2 is 2.15 bits per heavy atom. The molecule has 0 saturated carbocycles. The molecule has 1 aromatic heterocycles. The highest BCUT2D eigenvalue weighted by molar-refractivity contribution is 8.17. The van der Waals surface area contributed by atoms with Gasteiger partial charge in [0, 0.05) is 18.2 Å². The SMILES string of the molecule is CC1=C[C@@](C)(c2cc(CC(=O)c3ccc(C#N)cn3)ccc2F)N=C(N)S1. The highest BCUT2D eigenvalue weighted by Crippen LogP contribution is 2.37. The molecule has 1 aromatic carbocycles. The second kappa shape index (κ2) is 7.33. The van der Waals surface area contributed by atoms with E-state index in [2.05, 4.69) is 9.98 Å². The minimum atomic E-state index is -0.921. The lowest BCUT2D eigenvalue weighted by Crippen LogP contribution is -2.26. The average molecular weight is 380 g/mol. The molecule has 0 radical (unpaired) electrons. The van der Waals surface area contributed by atoms with Crippen molar-refractivity contribution in [3.8, 4) is 6.07 Å². The highest BCUT2D eigenvalue weighted by Gasteiger charge is 2.30. The monoisotopic (exact) mass is 380 g/mol. The number of halogens is 1. The molecule has 1 aliphatic rings. The number of amidine groups is 1. The van der Waals surface area contributed by atoms with Crippen LogP contribution in [-0.2, 0) is 12.0 Å². The lowest BCUT2D eigenvalue weighted by molar-refractivity contribution is 0.0988. The second-order valence-electron chi connectivity index (χ2n) is 6.41. The van der Waals surface area contributed by atoms with Gasteiger partial charge in [0.05, 0.1) is 5.56 Å². The van der Waals surface area contributed by atoms with Crippen molar-refractivity contribution in [2.45, 2.75) is 25.8 Å². The molecule has 2 heterocycles. The summed E-state index contributed by atoms with van der Waals surface area (Å²) in [6, 6.07) is 9.58. The van der Waals surface area contributed by atoms with Crippen LogP contribution >= 0.6 is 11.8 Å². The number of rotatable bonds is 4. The van der Waals surface area contributed by atoms with Gasteiger partial charge in [-0.1, -0.05) is 17.8 Å². The number of carbonyl (C=O) groups excluding carboxylic acids is 1. The first-order valence-corrected chi connectivity index (χ1v) is 9.03. The Bertz CT molecular complexity index is 988. The fraction of sp³-hybridized carbons (Fsp3) is 0.200. The molecule has 27 heavy (non-hydrogen) atoms. The summed E-state index contributed by atoms with van der Waals surface area (Å²) < 4.78 is 14.5. The van der Waals surface area contributed by atoms with E-state index in [4.69, 9.17) is 11.0 Å². The first kappa shape index (κ1) is 18.8. The Kier molecular flexibility index (Phi) is 5.10. The Morgan fingerprint density at radius 1 is 1.37 bits per heavy atom. The number of nitrogens with two attached hydrogens (primary N) is 1. The van der Waals surface area contributed by atoms with Gasteiger partial charge in [0.25, 0.3) is 0 Å². The van der Waals surface area contributed by atoms with Crippen molar-refractivity contribution in [2.24, 2.45) is 10.7 Å². The van der Waals surface area contributed by atoms with E-state index in [0.29, 0.717) is 21.9 Å². The molecule has 0 amide bonds. The third kappa shape index (κ3) is 4.07. The van der Waals surface area contributed by atoms with Gasteiger partial charge in [0.15, 0.2) is 11.0 Å². The molecular formula is C20H17FN4OS. The van der Waals surface area contributed by atoms with Crippen molar-refractivity contribution >= 4 is 22.7 Å². The number of nitriles is 1. The van der Waals surface area contributed by atoms with Crippen LogP contribution in [0.4, 0.5) is 4.39 Å². The van der Waals surface area contributed by atoms with Crippen molar-refractivity contribution in [1.29, 1.82) is 5.26 Å². The number of hydrogen-bond donors (Lipinski definition) is 1. The summed E-state index contributed by atoms with van der Waals surface area (Å²) in [5.41, 5.74) is 6.62. The molecule has 3 rings (SSSR count). The molecule has 0 aliphatic carbocycles. The van der Waals surface area contributed by atoms with Gasteiger partial charge in [0.2, 0.25) is 0 Å². The molecule has 5 nitrogen and oxygen atoms in total. The van der Waals surface area contributed by atoms with Crippen LogP contribution in [0.15, 0.2) is 52.5 Å². The van der Waals surface area contributed by atoms with E-state index < -0.39 is 11.4 Å². The summed E-state index contributed by atoms with van der Waals surface area (Å²) >= 11 is 1.34. The van der Waals surface area contributed by atoms with E-state index in [9.17, 15) is 9.18 Å². The van der Waals surface area contributed by atoms with Crippen LogP contribution in [0.3, 0.4) is 0 Å². The van der Waals surface area contributed by atoms with Gasteiger partial charge in [-0.05, 0) is 54.7 Å². The molecule has 1 atom stereocenters. The number of Topliss-reactive ketones (excluding diaryl/α,β-unsaturated/α-hetero) is 1. The van der Waals surface area contributed by atoms with Crippen molar-refractivity contribution in [2.75, 3.05) is 0 Å². The Balaban J connectivity index is 1.90. The smallest absolute Gasteiger partial charge is 0.185 e. The molecule has 0 unspecified atom stereocenters. The van der Waals surface area contributed by atoms with Gasteiger partial charge >= 0.3 is 0 Å². The Morgan fingerprint density at radius 3 is 2.78 bits per heavy atom. The van der Waals surface area contributed by atoms with Gasteiger partial charge in [-0.2, -0.15) is 5.26 Å². The topological polar surface area (TPSA) is 92.1 Å². The number of carbonyl (C=O) groups is 1. The number of benzene rings is 1. The Hall–Kier alpha value is -2.98. The lowest BCUT2D eigenvalue weighted by Gasteiger charge is -2.27. The first-order chi connectivity index (χ1) is 12.8. The van der Waals surface area contributed by atoms with Crippen molar-refractivity contribution in [3.05, 3.63) is 75.7 Å². The van der Waals surface area contributed by atoms with Crippen LogP contribution in [0, 0.1) is 17.1 Å². The second-order valence-corrected chi connectivity index (χ2v) is 7.68. The molecular weight excluding hydrogens is 363 g/mol. The fourth-order valence-corrected chi connectivity index (χ4v) is 3.84. The Labute approximate surface area is 160 Å². The van der Waals surface area contributed by atoms with Crippen LogP contribution in [-0.4, -0.2) is 15.9 Å². The maximum atomic E-state index is 14.5. The number of ketones is 1. The summed E-state index contributed by atoms with van der Waals surface area (Å²) in [6.45, 7) is 3.68. The maximum Gasteiger partial charge on any atom is 0.185 e. The fourth-order valence-electron chi connectivity index (χ4n) is 2.98. The van der Waals surface area contributed by atoms with Gasteiger partial charge in [-0.3, -0.25) is 9.78 Å². The number of nitrogens with zero attached hydrogens (tertiary/aromatic N) is 3. The summed E-state index contributed by atoms with van der Waals surface area (Å²) in [4.78, 5) is 21.8. The molecule has 2 aromatic rings. The molecule has 7 heteroatoms. The zero-order chi connectivity index (χ0) is 19.6. The molecule has 0 bridgehead atoms. The van der Waals surface area contributed by atoms with Crippen molar-refractivity contribution in [1.82, 2.24) is 4.98 Å². The average Bonchev–Trinajstić information content (AvgIpc) is 2.62. The van der Waals surface area contributed by atoms with Crippen molar-refractivity contribution in [3.63, 3.8) is 0 Å². The third-order valence-electron chi connectivity index (χ3n) is 4.21. The van der Waals surface area contributed by atoms with Crippen LogP contribution in [0.5, 0.6) is 0 Å². The van der Waals surface area contributed by atoms with Crippen LogP contribution in [0.25, 0.3) is 0 Å². The summed E-state index contributed by atoms with van der Waals surface area (Å²) in [5, 5.41) is 9.18. The molecule has 2 N–H and O–H groups in total. The largest absolute Gasteiger partial charge is 0.378 e. The van der Waals surface area contributed by atoms with E-state index >= 15 is 0 Å². The van der Waals surface area contributed by atoms with Gasteiger partial charge in [-0.25, -0.2) is 9.38 Å². The predicted molar refractivity (Wildman–Crippen MR) is 104 cm³/mol. The zero-order valence-corrected chi connectivity index (χ0v) is 15.7. The van der Waals surface area contributed by atoms with E-state index in [1.807, 2.05) is 19.1 Å². The number of pyridine rings is 1. The van der Waals surface area contributed by atoms with Crippen LogP contribution in [0.2, 0.25) is 0 Å². The van der Waals surface area contributed by atoms with E-state index in [-0.39, 0.29) is 17.9 Å². The predicted octanol–water partition coefficient (Wildman–Crippen LogP) is 3.70. The number of hydrogen-bond acceptors (Lipinski definition) is 6. The number of thioether (sulfide) groups is 1. The van der Waals surface area contributed by atoms with Crippen LogP contribution < -0.4 is 5.73 Å². The molecule has 136 valence electrons. The third-order valence-corrected chi connectivity index (χ3v) is 4.95. The normalized spacial score (nSPS) is 19.0. The number of aromatic nitrogens is 1. The lowest BCUT2D eigenvalue weighted by atomic mass is 9.89. The van der Waals surface area contributed by atoms with E-state index in [1.54, 1.807) is 25.1 Å². The van der Waals surface area contributed by atoms with Gasteiger partial charge in [-0.15, -0.1) is 0 Å². The highest BCUT2D eigenvalue weighted by atomic mass is 32.2. The summed E-state index contributed by atoms with van der Waals surface area (Å²) in [7, 11) is 0. The summed E-state index contributed by atoms with van der Waals surface area (Å²) in [5.74, 6) is -0.617. The van der Waals surface area contributed by atoms with Gasteiger partial charge in [0.1, 0.15) is 23.1 Å². The molecule has 0 spiro atoms. The molecule has 0 fully saturated rings. The van der Waals surface area contributed by atoms with Crippen LogP contribution in [0.1, 0.15) is 41.0 Å². The van der Waals surface area contributed by atoms with Crippen molar-refractivity contribution < 1.29 is 9.18 Å². The van der Waals surface area contributed by atoms with E-state index in [1.165, 1.54) is 30.1 Å². The minimum Gasteiger partial charge on any atom is -0.378 e. The quantitative estimate of drug-likeness (QED) is 0.817. The molecule has 1 aliphatic heterocycles. The summed E-state index contributed by atoms with van der Waals surface area (Å²) in [6.07, 6.45) is 3.29. The number of aliphatic imine (C=N–C) groups is 1. The standard InChI is InChI=1S/C20H17FN4OS/c1-12-9-20(2,25-19(23)27-12)15-7-13(3-5-16(15)21)8-18(26)17-6-4-14(10-22)11-24-17/h3-7,9,11H,8H2,1-2H3,(H2,23,25)/t20-/m0/s1.